The first-order valence-corrected chi connectivity index (χ1v) is 9.97. The number of aliphatic carboxylic acids is 1. The first-order chi connectivity index (χ1) is 13.8. The van der Waals surface area contributed by atoms with E-state index in [1.165, 1.54) is 16.7 Å². The first kappa shape index (κ1) is 20.8. The number of benzene rings is 2. The summed E-state index contributed by atoms with van der Waals surface area (Å²) in [5.41, 5.74) is 3.14. The maximum Gasteiger partial charge on any atom is 0.307 e. The van der Waals surface area contributed by atoms with E-state index < -0.39 is 5.97 Å². The molecule has 1 heterocycles. The van der Waals surface area contributed by atoms with Crippen molar-refractivity contribution in [3.63, 3.8) is 0 Å². The first-order valence-electron chi connectivity index (χ1n) is 8.74. The van der Waals surface area contributed by atoms with Gasteiger partial charge in [-0.15, -0.1) is 0 Å². The Balaban J connectivity index is 1.63. The van der Waals surface area contributed by atoms with Gasteiger partial charge >= 0.3 is 5.97 Å². The molecule has 2 N–H and O–H groups in total. The van der Waals surface area contributed by atoms with E-state index >= 15 is 0 Å². The summed E-state index contributed by atoms with van der Waals surface area (Å²) in [5, 5.41) is 11.5. The third-order valence-electron chi connectivity index (χ3n) is 4.11. The van der Waals surface area contributed by atoms with E-state index in [0.29, 0.717) is 20.5 Å². The van der Waals surface area contributed by atoms with Crippen molar-refractivity contribution in [1.29, 1.82) is 0 Å². The predicted octanol–water partition coefficient (Wildman–Crippen LogP) is 3.46. The molecule has 0 unspecified atom stereocenters. The van der Waals surface area contributed by atoms with Crippen molar-refractivity contribution in [2.75, 3.05) is 11.9 Å². The van der Waals surface area contributed by atoms with Crippen LogP contribution in [-0.2, 0) is 20.8 Å². The number of nitrogens with one attached hydrogen (secondary N) is 1. The number of hydrogen-bond donors (Lipinski definition) is 2. The summed E-state index contributed by atoms with van der Waals surface area (Å²) in [6.45, 7) is 1.79. The number of thiocarbonyl (C=S) groups is 1. The molecule has 0 aromatic heterocycles. The van der Waals surface area contributed by atoms with Crippen molar-refractivity contribution >= 4 is 57.8 Å². The van der Waals surface area contributed by atoms with E-state index in [1.54, 1.807) is 30.3 Å². The van der Waals surface area contributed by atoms with Gasteiger partial charge in [0.25, 0.3) is 5.91 Å². The lowest BCUT2D eigenvalue weighted by atomic mass is 10.1. The van der Waals surface area contributed by atoms with Crippen LogP contribution in [0.2, 0.25) is 0 Å². The van der Waals surface area contributed by atoms with E-state index in [2.05, 4.69) is 5.32 Å². The van der Waals surface area contributed by atoms with E-state index in [0.717, 1.165) is 11.1 Å². The number of rotatable bonds is 6. The monoisotopic (exact) mass is 426 g/mol. The van der Waals surface area contributed by atoms with E-state index in [-0.39, 0.29) is 24.8 Å². The molecule has 1 aliphatic heterocycles. The molecule has 148 valence electrons. The topological polar surface area (TPSA) is 86.7 Å². The number of carbonyl (C=O) groups excluding carboxylic acids is 2. The molecule has 1 fully saturated rings. The van der Waals surface area contributed by atoms with Gasteiger partial charge in [-0.3, -0.25) is 19.3 Å². The van der Waals surface area contributed by atoms with Crippen LogP contribution < -0.4 is 5.32 Å². The summed E-state index contributed by atoms with van der Waals surface area (Å²) in [5.74, 6) is -1.60. The molecule has 0 bridgehead atoms. The molecule has 0 radical (unpaired) electrons. The largest absolute Gasteiger partial charge is 0.481 e. The maximum absolute atomic E-state index is 12.7. The van der Waals surface area contributed by atoms with Gasteiger partial charge in [-0.05, 0) is 36.3 Å². The molecule has 2 aromatic rings. The zero-order valence-corrected chi connectivity index (χ0v) is 17.2. The van der Waals surface area contributed by atoms with Crippen molar-refractivity contribution in [2.45, 2.75) is 13.3 Å². The van der Waals surface area contributed by atoms with Crippen LogP contribution >= 0.6 is 24.0 Å². The summed E-state index contributed by atoms with van der Waals surface area (Å²) >= 11 is 6.44. The number of anilines is 1. The fourth-order valence-corrected chi connectivity index (χ4v) is 4.03. The smallest absolute Gasteiger partial charge is 0.307 e. The summed E-state index contributed by atoms with van der Waals surface area (Å²) in [7, 11) is 0. The predicted molar refractivity (Wildman–Crippen MR) is 117 cm³/mol. The molecule has 0 spiro atoms. The van der Waals surface area contributed by atoms with Crippen LogP contribution in [0.4, 0.5) is 5.69 Å². The van der Waals surface area contributed by atoms with Gasteiger partial charge in [-0.25, -0.2) is 0 Å². The molecule has 0 aliphatic carbocycles. The fraction of sp³-hybridized carbons (Fsp3) is 0.143. The maximum atomic E-state index is 12.7. The molecule has 0 saturated carbocycles. The molecule has 0 atom stereocenters. The third kappa shape index (κ3) is 5.52. The second-order valence-corrected chi connectivity index (χ2v) is 8.17. The van der Waals surface area contributed by atoms with Crippen molar-refractivity contribution < 1.29 is 19.5 Å². The van der Waals surface area contributed by atoms with Crippen LogP contribution in [0.1, 0.15) is 16.7 Å². The van der Waals surface area contributed by atoms with Crippen molar-refractivity contribution in [2.24, 2.45) is 0 Å². The van der Waals surface area contributed by atoms with Crippen molar-refractivity contribution in [3.05, 3.63) is 70.1 Å². The SMILES string of the molecule is Cc1cccc(/C=C2\SC(=S)N(CC(=O)Nc3ccc(CC(=O)O)cc3)C2=O)c1. The molecule has 1 saturated heterocycles. The van der Waals surface area contributed by atoms with Crippen molar-refractivity contribution in [1.82, 2.24) is 4.90 Å². The molecule has 8 heteroatoms. The van der Waals surface area contributed by atoms with Gasteiger partial charge in [0, 0.05) is 5.69 Å². The van der Waals surface area contributed by atoms with Gasteiger partial charge in [0.05, 0.1) is 11.3 Å². The Morgan fingerprint density at radius 2 is 1.93 bits per heavy atom. The summed E-state index contributed by atoms with van der Waals surface area (Å²) in [4.78, 5) is 37.5. The van der Waals surface area contributed by atoms with Crippen LogP contribution in [0.5, 0.6) is 0 Å². The van der Waals surface area contributed by atoms with Crippen LogP contribution in [0.15, 0.2) is 53.4 Å². The zero-order valence-electron chi connectivity index (χ0n) is 15.5. The Labute approximate surface area is 177 Å². The molecule has 2 aromatic carbocycles. The van der Waals surface area contributed by atoms with Gasteiger partial charge in [0.1, 0.15) is 10.9 Å². The molecule has 29 heavy (non-hydrogen) atoms. The molecule has 6 nitrogen and oxygen atoms in total. The average Bonchev–Trinajstić information content (AvgIpc) is 2.90. The number of thioether (sulfide) groups is 1. The molecule has 3 rings (SSSR count). The number of nitrogens with zero attached hydrogens (tertiary/aromatic N) is 1. The Morgan fingerprint density at radius 3 is 2.59 bits per heavy atom. The number of carboxylic acid groups (broad SMARTS) is 1. The minimum atomic E-state index is -0.921. The molecular weight excluding hydrogens is 408 g/mol. The third-order valence-corrected chi connectivity index (χ3v) is 5.49. The quantitative estimate of drug-likeness (QED) is 0.543. The van der Waals surface area contributed by atoms with Gasteiger partial charge in [0.2, 0.25) is 5.91 Å². The highest BCUT2D eigenvalue weighted by Crippen LogP contribution is 2.32. The number of carboxylic acids is 1. The average molecular weight is 427 g/mol. The van der Waals surface area contributed by atoms with Crippen LogP contribution in [0, 0.1) is 6.92 Å². The standard InChI is InChI=1S/C21H18N2O4S2/c1-13-3-2-4-15(9-13)10-17-20(27)23(21(28)29-17)12-18(24)22-16-7-5-14(6-8-16)11-19(25)26/h2-10H,11-12H2,1H3,(H,22,24)(H,25,26)/b17-10-. The minimum absolute atomic E-state index is 0.0853. The van der Waals surface area contributed by atoms with Gasteiger partial charge < -0.3 is 10.4 Å². The highest BCUT2D eigenvalue weighted by atomic mass is 32.2. The van der Waals surface area contributed by atoms with Gasteiger partial charge in [-0.2, -0.15) is 0 Å². The summed E-state index contributed by atoms with van der Waals surface area (Å²) in [6.07, 6.45) is 1.68. The Bertz CT molecular complexity index is 1020. The second-order valence-electron chi connectivity index (χ2n) is 6.50. The van der Waals surface area contributed by atoms with Gasteiger partial charge in [-0.1, -0.05) is 65.9 Å². The zero-order chi connectivity index (χ0) is 21.0. The Kier molecular flexibility index (Phi) is 6.46. The van der Waals surface area contributed by atoms with Gasteiger partial charge in [0.15, 0.2) is 0 Å². The Hall–Kier alpha value is -2.97. The molecule has 1 aliphatic rings. The lowest BCUT2D eigenvalue weighted by Crippen LogP contribution is -2.36. The molecular formula is C21H18N2O4S2. The highest BCUT2D eigenvalue weighted by Gasteiger charge is 2.33. The summed E-state index contributed by atoms with van der Waals surface area (Å²) in [6, 6.07) is 14.3. The lowest BCUT2D eigenvalue weighted by Gasteiger charge is -2.14. The number of aryl methyl sites for hydroxylation is 1. The van der Waals surface area contributed by atoms with Crippen LogP contribution in [0.25, 0.3) is 6.08 Å². The fourth-order valence-electron chi connectivity index (χ4n) is 2.77. The van der Waals surface area contributed by atoms with Crippen LogP contribution in [-0.4, -0.2) is 38.7 Å². The Morgan fingerprint density at radius 1 is 1.21 bits per heavy atom. The molecule has 2 amide bonds. The van der Waals surface area contributed by atoms with Crippen LogP contribution in [0.3, 0.4) is 0 Å². The number of carbonyl (C=O) groups is 3. The summed E-state index contributed by atoms with van der Waals surface area (Å²) < 4.78 is 0.334. The van der Waals surface area contributed by atoms with E-state index in [1.807, 2.05) is 31.2 Å². The lowest BCUT2D eigenvalue weighted by molar-refractivity contribution is -0.136. The van der Waals surface area contributed by atoms with E-state index in [9.17, 15) is 14.4 Å². The van der Waals surface area contributed by atoms with E-state index in [4.69, 9.17) is 17.3 Å². The number of hydrogen-bond acceptors (Lipinski definition) is 5. The van der Waals surface area contributed by atoms with Crippen molar-refractivity contribution in [3.8, 4) is 0 Å². The number of amides is 2. The highest BCUT2D eigenvalue weighted by molar-refractivity contribution is 8.26. The minimum Gasteiger partial charge on any atom is -0.481 e. The second kappa shape index (κ2) is 9.02. The normalized spacial score (nSPS) is 15.1.